The van der Waals surface area contributed by atoms with E-state index in [-0.39, 0.29) is 35.2 Å². The van der Waals surface area contributed by atoms with Crippen molar-refractivity contribution < 1.29 is 14.4 Å². The third kappa shape index (κ3) is 2.91. The first-order chi connectivity index (χ1) is 12.7. The summed E-state index contributed by atoms with van der Waals surface area (Å²) in [6, 6.07) is 0.858. The molecule has 3 amide bonds. The Kier molecular flexibility index (Phi) is 4.05. The van der Waals surface area contributed by atoms with Gasteiger partial charge in [-0.05, 0) is 25.3 Å². The lowest BCUT2D eigenvalue weighted by molar-refractivity contribution is -0.156. The standard InChI is InChI=1S/C19H27N5O3/c1-19(2,3)15-9-13(22(4)21-15)16(25)20-11-8-14-18(27)23-7-5-6-12(23)17(26)24(14)10-11/h9,11-12,14H,5-8,10H2,1-4H3,(H,20,25)/t11-,12+,14-/m0/s1. The van der Waals surface area contributed by atoms with Gasteiger partial charge >= 0.3 is 0 Å². The smallest absolute Gasteiger partial charge is 0.269 e. The number of rotatable bonds is 2. The van der Waals surface area contributed by atoms with Gasteiger partial charge in [0.1, 0.15) is 17.8 Å². The molecular formula is C19H27N5O3. The fraction of sp³-hybridized carbons (Fsp3) is 0.684. The molecule has 0 bridgehead atoms. The molecule has 0 aliphatic carbocycles. The third-order valence-corrected chi connectivity index (χ3v) is 5.91. The molecule has 146 valence electrons. The van der Waals surface area contributed by atoms with Gasteiger partial charge in [-0.3, -0.25) is 19.1 Å². The lowest BCUT2D eigenvalue weighted by Crippen LogP contribution is -2.60. The number of aryl methyl sites for hydroxylation is 1. The van der Waals surface area contributed by atoms with Gasteiger partial charge in [0.25, 0.3) is 5.91 Å². The van der Waals surface area contributed by atoms with Crippen molar-refractivity contribution in [2.75, 3.05) is 13.1 Å². The molecular weight excluding hydrogens is 346 g/mol. The number of hydrogen-bond donors (Lipinski definition) is 1. The minimum Gasteiger partial charge on any atom is -0.346 e. The van der Waals surface area contributed by atoms with Crippen LogP contribution in [0.15, 0.2) is 6.07 Å². The number of piperazine rings is 1. The van der Waals surface area contributed by atoms with E-state index in [0.717, 1.165) is 18.5 Å². The molecule has 0 radical (unpaired) electrons. The van der Waals surface area contributed by atoms with Gasteiger partial charge in [0, 0.05) is 31.6 Å². The molecule has 0 aromatic carbocycles. The summed E-state index contributed by atoms with van der Waals surface area (Å²) in [6.45, 7) is 7.22. The van der Waals surface area contributed by atoms with Crippen molar-refractivity contribution in [2.45, 2.75) is 63.6 Å². The van der Waals surface area contributed by atoms with Crippen LogP contribution >= 0.6 is 0 Å². The first-order valence-electron chi connectivity index (χ1n) is 9.63. The lowest BCUT2D eigenvalue weighted by Gasteiger charge is -2.38. The number of nitrogens with zero attached hydrogens (tertiary/aromatic N) is 4. The largest absolute Gasteiger partial charge is 0.346 e. The average Bonchev–Trinajstić information content (AvgIpc) is 3.29. The Hall–Kier alpha value is -2.38. The summed E-state index contributed by atoms with van der Waals surface area (Å²) >= 11 is 0. The number of nitrogens with one attached hydrogen (secondary N) is 1. The maximum Gasteiger partial charge on any atom is 0.269 e. The molecule has 4 heterocycles. The lowest BCUT2D eigenvalue weighted by atomic mass is 9.92. The fourth-order valence-electron chi connectivity index (χ4n) is 4.39. The number of amides is 3. The van der Waals surface area contributed by atoms with E-state index in [1.807, 2.05) is 6.07 Å². The van der Waals surface area contributed by atoms with E-state index in [0.29, 0.717) is 25.2 Å². The monoisotopic (exact) mass is 373 g/mol. The molecule has 27 heavy (non-hydrogen) atoms. The predicted octanol–water partition coefficient (Wildman–Crippen LogP) is 0.422. The highest BCUT2D eigenvalue weighted by Gasteiger charge is 2.51. The van der Waals surface area contributed by atoms with E-state index in [9.17, 15) is 14.4 Å². The van der Waals surface area contributed by atoms with Gasteiger partial charge < -0.3 is 15.1 Å². The average molecular weight is 373 g/mol. The summed E-state index contributed by atoms with van der Waals surface area (Å²) in [7, 11) is 1.75. The summed E-state index contributed by atoms with van der Waals surface area (Å²) in [4.78, 5) is 41.6. The summed E-state index contributed by atoms with van der Waals surface area (Å²) in [5, 5.41) is 7.44. The van der Waals surface area contributed by atoms with Crippen LogP contribution in [0.2, 0.25) is 0 Å². The van der Waals surface area contributed by atoms with Crippen LogP contribution < -0.4 is 5.32 Å². The third-order valence-electron chi connectivity index (χ3n) is 5.91. The fourth-order valence-corrected chi connectivity index (χ4v) is 4.39. The zero-order valence-electron chi connectivity index (χ0n) is 16.4. The van der Waals surface area contributed by atoms with Crippen molar-refractivity contribution in [3.05, 3.63) is 17.5 Å². The summed E-state index contributed by atoms with van der Waals surface area (Å²) in [5.41, 5.74) is 1.20. The van der Waals surface area contributed by atoms with Gasteiger partial charge in [-0.2, -0.15) is 5.10 Å². The quantitative estimate of drug-likeness (QED) is 0.814. The summed E-state index contributed by atoms with van der Waals surface area (Å²) in [6.07, 6.45) is 2.11. The van der Waals surface area contributed by atoms with Crippen LogP contribution in [0.1, 0.15) is 56.2 Å². The minimum atomic E-state index is -0.436. The number of carbonyl (C=O) groups is 3. The van der Waals surface area contributed by atoms with E-state index >= 15 is 0 Å². The van der Waals surface area contributed by atoms with Crippen LogP contribution in [0.3, 0.4) is 0 Å². The van der Waals surface area contributed by atoms with Crippen molar-refractivity contribution in [3.8, 4) is 0 Å². The molecule has 3 atom stereocenters. The molecule has 1 aromatic rings. The summed E-state index contributed by atoms with van der Waals surface area (Å²) < 4.78 is 1.59. The van der Waals surface area contributed by atoms with Crippen molar-refractivity contribution in [2.24, 2.45) is 7.05 Å². The Labute approximate surface area is 158 Å². The number of aromatic nitrogens is 2. The maximum absolute atomic E-state index is 12.8. The topological polar surface area (TPSA) is 87.5 Å². The Morgan fingerprint density at radius 1 is 1.19 bits per heavy atom. The van der Waals surface area contributed by atoms with Crippen LogP contribution in [0.5, 0.6) is 0 Å². The van der Waals surface area contributed by atoms with Crippen LogP contribution in [0.25, 0.3) is 0 Å². The molecule has 8 heteroatoms. The zero-order chi connectivity index (χ0) is 19.5. The van der Waals surface area contributed by atoms with E-state index in [1.54, 1.807) is 21.5 Å². The Bertz CT molecular complexity index is 779. The van der Waals surface area contributed by atoms with Crippen LogP contribution in [-0.2, 0) is 22.1 Å². The van der Waals surface area contributed by atoms with Crippen LogP contribution in [0, 0.1) is 0 Å². The number of carbonyl (C=O) groups excluding carboxylic acids is 3. The maximum atomic E-state index is 12.8. The molecule has 3 aliphatic rings. The second kappa shape index (κ2) is 6.07. The second-order valence-electron chi connectivity index (χ2n) is 8.89. The number of hydrogen-bond acceptors (Lipinski definition) is 4. The highest BCUT2D eigenvalue weighted by atomic mass is 16.2. The van der Waals surface area contributed by atoms with Gasteiger partial charge in [0.15, 0.2) is 0 Å². The molecule has 3 fully saturated rings. The number of fused-ring (bicyclic) bond motifs is 2. The van der Waals surface area contributed by atoms with Crippen molar-refractivity contribution in [1.29, 1.82) is 0 Å². The second-order valence-corrected chi connectivity index (χ2v) is 8.89. The molecule has 0 unspecified atom stereocenters. The Morgan fingerprint density at radius 3 is 2.56 bits per heavy atom. The van der Waals surface area contributed by atoms with Crippen molar-refractivity contribution in [1.82, 2.24) is 24.9 Å². The molecule has 3 aliphatic heterocycles. The molecule has 4 rings (SSSR count). The van der Waals surface area contributed by atoms with Gasteiger partial charge in [-0.1, -0.05) is 20.8 Å². The molecule has 0 saturated carbocycles. The normalized spacial score (nSPS) is 27.8. The molecule has 3 saturated heterocycles. The van der Waals surface area contributed by atoms with E-state index in [4.69, 9.17) is 0 Å². The zero-order valence-corrected chi connectivity index (χ0v) is 16.4. The van der Waals surface area contributed by atoms with Crippen LogP contribution in [-0.4, -0.2) is 68.5 Å². The Balaban J connectivity index is 1.47. The van der Waals surface area contributed by atoms with Gasteiger partial charge in [0.2, 0.25) is 11.8 Å². The van der Waals surface area contributed by atoms with E-state index in [1.165, 1.54) is 0 Å². The SMILES string of the molecule is Cn1nc(C(C)(C)C)cc1C(=O)N[C@H]1C[C@H]2C(=O)N3CCC[C@@H]3C(=O)N2C1. The molecule has 0 spiro atoms. The van der Waals surface area contributed by atoms with Crippen molar-refractivity contribution >= 4 is 17.7 Å². The molecule has 8 nitrogen and oxygen atoms in total. The van der Waals surface area contributed by atoms with Gasteiger partial charge in [-0.15, -0.1) is 0 Å². The molecule has 1 N–H and O–H groups in total. The highest BCUT2D eigenvalue weighted by molar-refractivity contribution is 5.98. The highest BCUT2D eigenvalue weighted by Crippen LogP contribution is 2.32. The first-order valence-corrected chi connectivity index (χ1v) is 9.63. The predicted molar refractivity (Wildman–Crippen MR) is 98.0 cm³/mol. The first kappa shape index (κ1) is 18.0. The minimum absolute atomic E-state index is 0.0319. The Morgan fingerprint density at radius 2 is 1.89 bits per heavy atom. The van der Waals surface area contributed by atoms with Gasteiger partial charge in [-0.25, -0.2) is 0 Å². The van der Waals surface area contributed by atoms with Crippen LogP contribution in [0.4, 0.5) is 0 Å². The van der Waals surface area contributed by atoms with Gasteiger partial charge in [0.05, 0.1) is 5.69 Å². The van der Waals surface area contributed by atoms with E-state index in [2.05, 4.69) is 31.2 Å². The summed E-state index contributed by atoms with van der Waals surface area (Å²) in [5.74, 6) is -0.153. The molecule has 1 aromatic heterocycles. The van der Waals surface area contributed by atoms with E-state index < -0.39 is 6.04 Å². The van der Waals surface area contributed by atoms with Crippen molar-refractivity contribution in [3.63, 3.8) is 0 Å².